The molecule has 0 unspecified atom stereocenters. The maximum Gasteiger partial charge on any atom is 0.194 e. The number of methoxy groups -OCH3 is 2. The average Bonchev–Trinajstić information content (AvgIpc) is 3.14. The van der Waals surface area contributed by atoms with Crippen LogP contribution in [-0.2, 0) is 19.5 Å². The predicted molar refractivity (Wildman–Crippen MR) is 127 cm³/mol. The van der Waals surface area contributed by atoms with E-state index in [1.807, 2.05) is 19.2 Å². The van der Waals surface area contributed by atoms with Crippen molar-refractivity contribution in [2.24, 2.45) is 4.99 Å². The molecule has 8 heteroatoms. The fourth-order valence-electron chi connectivity index (χ4n) is 2.73. The standard InChI is InChI=1S/C20H30N4O2S.HI/c1-7-19-23-16(13-27-19)11-22-20(21-8-2)24(4)12-15-10-18(26-6)17(25-5)9-14(15)3;/h9-10,13H,7-8,11-12H2,1-6H3,(H,21,22);1H. The molecule has 0 aliphatic carbocycles. The van der Waals surface area contributed by atoms with Crippen LogP contribution in [0.1, 0.15) is 35.7 Å². The maximum absolute atomic E-state index is 5.44. The molecule has 0 saturated heterocycles. The van der Waals surface area contributed by atoms with Gasteiger partial charge in [0.15, 0.2) is 17.5 Å². The Morgan fingerprint density at radius 3 is 2.46 bits per heavy atom. The zero-order chi connectivity index (χ0) is 19.8. The van der Waals surface area contributed by atoms with Crippen LogP contribution in [0.25, 0.3) is 0 Å². The minimum Gasteiger partial charge on any atom is -0.493 e. The van der Waals surface area contributed by atoms with Crippen LogP contribution in [0.4, 0.5) is 0 Å². The van der Waals surface area contributed by atoms with E-state index in [1.54, 1.807) is 25.6 Å². The van der Waals surface area contributed by atoms with Gasteiger partial charge in [-0.1, -0.05) is 6.92 Å². The average molecular weight is 518 g/mol. The maximum atomic E-state index is 5.44. The van der Waals surface area contributed by atoms with Gasteiger partial charge in [-0.05, 0) is 43.5 Å². The quantitative estimate of drug-likeness (QED) is 0.322. The zero-order valence-electron chi connectivity index (χ0n) is 17.5. The van der Waals surface area contributed by atoms with E-state index in [1.165, 1.54) is 5.56 Å². The summed E-state index contributed by atoms with van der Waals surface area (Å²) >= 11 is 1.69. The van der Waals surface area contributed by atoms with Gasteiger partial charge >= 0.3 is 0 Å². The first kappa shape index (κ1) is 24.5. The fourth-order valence-corrected chi connectivity index (χ4v) is 3.47. The van der Waals surface area contributed by atoms with Crippen molar-refractivity contribution in [3.63, 3.8) is 0 Å². The second kappa shape index (κ2) is 12.1. The molecule has 1 aromatic heterocycles. The second-order valence-electron chi connectivity index (χ2n) is 6.25. The Kier molecular flexibility index (Phi) is 10.6. The molecule has 2 aromatic rings. The first-order chi connectivity index (χ1) is 13.0. The Hall–Kier alpha value is -1.55. The summed E-state index contributed by atoms with van der Waals surface area (Å²) in [5, 5.41) is 6.60. The first-order valence-electron chi connectivity index (χ1n) is 9.16. The minimum absolute atomic E-state index is 0. The Balaban J connectivity index is 0.00000392. The highest BCUT2D eigenvalue weighted by molar-refractivity contribution is 14.0. The molecule has 0 aliphatic heterocycles. The number of rotatable bonds is 8. The van der Waals surface area contributed by atoms with E-state index in [9.17, 15) is 0 Å². The SMILES string of the molecule is CCNC(=NCc1csc(CC)n1)N(C)Cc1cc(OC)c(OC)cc1C.I. The number of nitrogens with zero attached hydrogens (tertiary/aromatic N) is 3. The number of thiazole rings is 1. The van der Waals surface area contributed by atoms with Crippen LogP contribution in [0.2, 0.25) is 0 Å². The molecule has 1 N–H and O–H groups in total. The largest absolute Gasteiger partial charge is 0.493 e. The number of aryl methyl sites for hydroxylation is 2. The molecule has 0 atom stereocenters. The van der Waals surface area contributed by atoms with Crippen LogP contribution < -0.4 is 14.8 Å². The van der Waals surface area contributed by atoms with Crippen LogP contribution >= 0.6 is 35.3 Å². The van der Waals surface area contributed by atoms with Gasteiger partial charge in [0.05, 0.1) is 31.5 Å². The van der Waals surface area contributed by atoms with Gasteiger partial charge in [-0.25, -0.2) is 9.98 Å². The summed E-state index contributed by atoms with van der Waals surface area (Å²) in [5.41, 5.74) is 3.34. The number of halogens is 1. The van der Waals surface area contributed by atoms with Gasteiger partial charge < -0.3 is 19.7 Å². The van der Waals surface area contributed by atoms with E-state index < -0.39 is 0 Å². The number of hydrogen-bond donors (Lipinski definition) is 1. The fraction of sp³-hybridized carbons (Fsp3) is 0.500. The molecule has 0 bridgehead atoms. The van der Waals surface area contributed by atoms with Gasteiger partial charge in [-0.3, -0.25) is 0 Å². The molecule has 0 fully saturated rings. The number of guanidine groups is 1. The minimum atomic E-state index is 0. The summed E-state index contributed by atoms with van der Waals surface area (Å²) in [5.74, 6) is 2.35. The van der Waals surface area contributed by atoms with E-state index in [0.29, 0.717) is 6.54 Å². The summed E-state index contributed by atoms with van der Waals surface area (Å²) in [6.07, 6.45) is 0.965. The Labute approximate surface area is 189 Å². The van der Waals surface area contributed by atoms with Crippen molar-refractivity contribution in [3.8, 4) is 11.5 Å². The molecular weight excluding hydrogens is 487 g/mol. The lowest BCUT2D eigenvalue weighted by molar-refractivity contribution is 0.353. The number of ether oxygens (including phenoxy) is 2. The molecule has 6 nitrogen and oxygen atoms in total. The van der Waals surface area contributed by atoms with Crippen LogP contribution in [0.15, 0.2) is 22.5 Å². The highest BCUT2D eigenvalue weighted by atomic mass is 127. The monoisotopic (exact) mass is 518 g/mol. The van der Waals surface area contributed by atoms with Gasteiger partial charge in [-0.2, -0.15) is 0 Å². The van der Waals surface area contributed by atoms with Crippen LogP contribution in [0, 0.1) is 6.92 Å². The molecule has 0 aliphatic rings. The third-order valence-electron chi connectivity index (χ3n) is 4.24. The summed E-state index contributed by atoms with van der Waals surface area (Å²) < 4.78 is 10.8. The summed E-state index contributed by atoms with van der Waals surface area (Å²) in [7, 11) is 5.35. The van der Waals surface area contributed by atoms with Crippen molar-refractivity contribution in [3.05, 3.63) is 39.3 Å². The van der Waals surface area contributed by atoms with Gasteiger partial charge in [0.25, 0.3) is 0 Å². The topological polar surface area (TPSA) is 59.0 Å². The molecule has 1 aromatic carbocycles. The van der Waals surface area contributed by atoms with Crippen LogP contribution in [-0.4, -0.2) is 43.7 Å². The smallest absolute Gasteiger partial charge is 0.194 e. The van der Waals surface area contributed by atoms with Crippen LogP contribution in [0.5, 0.6) is 11.5 Å². The van der Waals surface area contributed by atoms with Crippen molar-refractivity contribution in [1.82, 2.24) is 15.2 Å². The van der Waals surface area contributed by atoms with E-state index in [4.69, 9.17) is 14.5 Å². The van der Waals surface area contributed by atoms with E-state index in [2.05, 4.69) is 41.4 Å². The molecule has 2 rings (SSSR count). The van der Waals surface area contributed by atoms with Gasteiger partial charge in [-0.15, -0.1) is 35.3 Å². The number of hydrogen-bond acceptors (Lipinski definition) is 5. The van der Waals surface area contributed by atoms with Crippen molar-refractivity contribution in [2.75, 3.05) is 27.8 Å². The Morgan fingerprint density at radius 2 is 1.89 bits per heavy atom. The van der Waals surface area contributed by atoms with Gasteiger partial charge in [0, 0.05) is 25.5 Å². The molecule has 0 radical (unpaired) electrons. The molecule has 28 heavy (non-hydrogen) atoms. The summed E-state index contributed by atoms with van der Waals surface area (Å²) in [6, 6.07) is 4.04. The Morgan fingerprint density at radius 1 is 1.21 bits per heavy atom. The van der Waals surface area contributed by atoms with E-state index in [-0.39, 0.29) is 24.0 Å². The molecule has 0 amide bonds. The second-order valence-corrected chi connectivity index (χ2v) is 7.19. The van der Waals surface area contributed by atoms with E-state index in [0.717, 1.165) is 53.2 Å². The number of aliphatic imine (C=N–C) groups is 1. The third kappa shape index (κ3) is 6.51. The normalized spacial score (nSPS) is 11.0. The molecule has 0 saturated carbocycles. The van der Waals surface area contributed by atoms with Gasteiger partial charge in [0.2, 0.25) is 0 Å². The summed E-state index contributed by atoms with van der Waals surface area (Å²) in [4.78, 5) is 11.5. The lowest BCUT2D eigenvalue weighted by atomic mass is 10.1. The predicted octanol–water partition coefficient (Wildman–Crippen LogP) is 4.25. The molecule has 156 valence electrons. The number of aromatic nitrogens is 1. The highest BCUT2D eigenvalue weighted by Crippen LogP contribution is 2.30. The van der Waals surface area contributed by atoms with Crippen molar-refractivity contribution in [1.29, 1.82) is 0 Å². The lowest BCUT2D eigenvalue weighted by Gasteiger charge is -2.23. The number of benzene rings is 1. The third-order valence-corrected chi connectivity index (χ3v) is 5.28. The highest BCUT2D eigenvalue weighted by Gasteiger charge is 2.13. The zero-order valence-corrected chi connectivity index (χ0v) is 20.7. The van der Waals surface area contributed by atoms with Gasteiger partial charge in [0.1, 0.15) is 0 Å². The Bertz CT molecular complexity index is 780. The van der Waals surface area contributed by atoms with Crippen LogP contribution in [0.3, 0.4) is 0 Å². The lowest BCUT2D eigenvalue weighted by Crippen LogP contribution is -2.38. The molecule has 1 heterocycles. The van der Waals surface area contributed by atoms with E-state index >= 15 is 0 Å². The van der Waals surface area contributed by atoms with Crippen molar-refractivity contribution in [2.45, 2.75) is 40.3 Å². The summed E-state index contributed by atoms with van der Waals surface area (Å²) in [6.45, 7) is 8.38. The van der Waals surface area contributed by atoms with Crippen molar-refractivity contribution < 1.29 is 9.47 Å². The van der Waals surface area contributed by atoms with Crippen molar-refractivity contribution >= 4 is 41.3 Å². The number of nitrogens with one attached hydrogen (secondary N) is 1. The molecule has 0 spiro atoms. The molecular formula is C20H31IN4O2S. The first-order valence-corrected chi connectivity index (χ1v) is 10.0.